The topological polar surface area (TPSA) is 152 Å². The summed E-state index contributed by atoms with van der Waals surface area (Å²) < 4.78 is 50.8. The van der Waals surface area contributed by atoms with Gasteiger partial charge in [0.05, 0.1) is 19.2 Å². The number of hydrogen-bond acceptors (Lipinski definition) is 9. The van der Waals surface area contributed by atoms with E-state index in [9.17, 15) is 32.7 Å². The normalized spacial score (nSPS) is 12.3. The van der Waals surface area contributed by atoms with E-state index in [1.54, 1.807) is 39.0 Å². The third-order valence-electron chi connectivity index (χ3n) is 4.78. The maximum Gasteiger partial charge on any atom is 0.434 e. The number of aromatic hydroxyl groups is 1. The van der Waals surface area contributed by atoms with Crippen LogP contribution in [0.3, 0.4) is 0 Å². The molecule has 1 aromatic carbocycles. The highest BCUT2D eigenvalue weighted by Crippen LogP contribution is 2.31. The summed E-state index contributed by atoms with van der Waals surface area (Å²) in [6.45, 7) is 4.54. The van der Waals surface area contributed by atoms with Crippen LogP contribution in [-0.2, 0) is 26.9 Å². The zero-order chi connectivity index (χ0) is 28.5. The first-order chi connectivity index (χ1) is 17.7. The number of carbonyl (C=O) groups excluding carboxylic acids is 3. The lowest BCUT2D eigenvalue weighted by molar-refractivity contribution is -0.142. The first kappa shape index (κ1) is 30.1. The number of rotatable bonds is 10. The number of aromatic nitrogens is 2. The number of halogens is 3. The van der Waals surface area contributed by atoms with Crippen LogP contribution in [0.4, 0.5) is 23.9 Å². The number of amides is 2. The summed E-state index contributed by atoms with van der Waals surface area (Å²) in [4.78, 5) is 43.9. The van der Waals surface area contributed by atoms with Gasteiger partial charge in [0.1, 0.15) is 17.4 Å². The fourth-order valence-corrected chi connectivity index (χ4v) is 3.13. The standard InChI is InChI=1S/C24H30F3N5O6/c1-23(2,3)38-22(36)30-13-17(20(35)37-4)31-19(34)16-12-29-21(32-18(16)24(25,26)27)28-10-6-8-14-7-5-9-15(33)11-14/h5,7,9,11-12,17,33H,6,8,10,13H2,1-4H3,(H,30,36)(H,31,34)(H,28,29,32). The van der Waals surface area contributed by atoms with Crippen molar-refractivity contribution in [3.63, 3.8) is 0 Å². The Hall–Kier alpha value is -4.10. The molecule has 4 N–H and O–H groups in total. The smallest absolute Gasteiger partial charge is 0.434 e. The van der Waals surface area contributed by atoms with Gasteiger partial charge in [0.25, 0.3) is 5.91 Å². The predicted octanol–water partition coefficient (Wildman–Crippen LogP) is 3.04. The van der Waals surface area contributed by atoms with Crippen molar-refractivity contribution in [1.29, 1.82) is 0 Å². The highest BCUT2D eigenvalue weighted by molar-refractivity contribution is 5.97. The van der Waals surface area contributed by atoms with Crippen LogP contribution in [0.15, 0.2) is 30.5 Å². The van der Waals surface area contributed by atoms with E-state index in [1.807, 2.05) is 0 Å². The first-order valence-corrected chi connectivity index (χ1v) is 11.5. The number of esters is 1. The Kier molecular flexibility index (Phi) is 10.2. The Bertz CT molecular complexity index is 1140. The molecular weight excluding hydrogens is 511 g/mol. The van der Waals surface area contributed by atoms with E-state index in [-0.39, 0.29) is 18.2 Å². The SMILES string of the molecule is COC(=O)C(CNC(=O)OC(C)(C)C)NC(=O)c1cnc(NCCCc2cccc(O)c2)nc1C(F)(F)F. The number of nitrogens with zero attached hydrogens (tertiary/aromatic N) is 2. The summed E-state index contributed by atoms with van der Waals surface area (Å²) >= 11 is 0. The van der Waals surface area contributed by atoms with Gasteiger partial charge in [-0.3, -0.25) is 4.79 Å². The van der Waals surface area contributed by atoms with Crippen molar-refractivity contribution in [2.24, 2.45) is 0 Å². The average molecular weight is 542 g/mol. The molecule has 38 heavy (non-hydrogen) atoms. The second-order valence-electron chi connectivity index (χ2n) is 9.09. The number of nitrogens with one attached hydrogen (secondary N) is 3. The molecule has 0 radical (unpaired) electrons. The number of alkyl halides is 3. The van der Waals surface area contributed by atoms with Crippen LogP contribution in [0.1, 0.15) is 48.8 Å². The van der Waals surface area contributed by atoms with Crippen LogP contribution < -0.4 is 16.0 Å². The Morgan fingerprint density at radius 3 is 2.47 bits per heavy atom. The molecular formula is C24H30F3N5O6. The van der Waals surface area contributed by atoms with Crippen molar-refractivity contribution in [2.45, 2.75) is 51.4 Å². The van der Waals surface area contributed by atoms with Crippen LogP contribution in [0.5, 0.6) is 5.75 Å². The molecule has 0 saturated carbocycles. The molecule has 0 bridgehead atoms. The quantitative estimate of drug-likeness (QED) is 0.263. The number of benzene rings is 1. The molecule has 0 spiro atoms. The first-order valence-electron chi connectivity index (χ1n) is 11.5. The van der Waals surface area contributed by atoms with E-state index >= 15 is 0 Å². The molecule has 0 aliphatic heterocycles. The molecule has 11 nitrogen and oxygen atoms in total. The number of anilines is 1. The van der Waals surface area contributed by atoms with E-state index in [0.717, 1.165) is 12.7 Å². The van der Waals surface area contributed by atoms with Gasteiger partial charge < -0.3 is 30.5 Å². The van der Waals surface area contributed by atoms with Crippen LogP contribution in [0, 0.1) is 0 Å². The minimum atomic E-state index is -5.01. The number of phenolic OH excluding ortho intramolecular Hbond substituents is 1. The van der Waals surface area contributed by atoms with Crippen LogP contribution >= 0.6 is 0 Å². The van der Waals surface area contributed by atoms with Gasteiger partial charge >= 0.3 is 18.2 Å². The minimum absolute atomic E-state index is 0.109. The fourth-order valence-electron chi connectivity index (χ4n) is 3.13. The zero-order valence-corrected chi connectivity index (χ0v) is 21.3. The molecule has 2 aromatic rings. The lowest BCUT2D eigenvalue weighted by atomic mass is 10.1. The lowest BCUT2D eigenvalue weighted by Gasteiger charge is -2.22. The molecule has 14 heteroatoms. The number of carbonyl (C=O) groups is 3. The van der Waals surface area contributed by atoms with E-state index in [2.05, 4.69) is 30.7 Å². The highest BCUT2D eigenvalue weighted by Gasteiger charge is 2.39. The van der Waals surface area contributed by atoms with Crippen LogP contribution in [0.2, 0.25) is 0 Å². The molecule has 0 aliphatic carbocycles. The molecule has 1 heterocycles. The summed E-state index contributed by atoms with van der Waals surface area (Å²) in [5.41, 5.74) is -2.43. The van der Waals surface area contributed by atoms with Gasteiger partial charge in [0, 0.05) is 12.7 Å². The van der Waals surface area contributed by atoms with Gasteiger partial charge in [0.2, 0.25) is 5.95 Å². The molecule has 1 aromatic heterocycles. The number of hydrogen-bond donors (Lipinski definition) is 4. The summed E-state index contributed by atoms with van der Waals surface area (Å²) in [6, 6.07) is 5.07. The van der Waals surface area contributed by atoms with Crippen LogP contribution in [-0.4, -0.2) is 64.9 Å². The number of phenols is 1. The van der Waals surface area contributed by atoms with Crippen molar-refractivity contribution >= 4 is 23.9 Å². The molecule has 0 fully saturated rings. The van der Waals surface area contributed by atoms with Gasteiger partial charge in [-0.1, -0.05) is 12.1 Å². The number of alkyl carbamates (subject to hydrolysis) is 1. The Balaban J connectivity index is 2.09. The molecule has 2 amide bonds. The number of aryl methyl sites for hydroxylation is 1. The van der Waals surface area contributed by atoms with Gasteiger partial charge in [-0.05, 0) is 51.3 Å². The Morgan fingerprint density at radius 2 is 1.87 bits per heavy atom. The number of methoxy groups -OCH3 is 1. The van der Waals surface area contributed by atoms with Crippen molar-refractivity contribution in [1.82, 2.24) is 20.6 Å². The molecule has 0 aliphatic rings. The molecule has 1 unspecified atom stereocenters. The van der Waals surface area contributed by atoms with Gasteiger partial charge in [-0.25, -0.2) is 19.6 Å². The van der Waals surface area contributed by atoms with Crippen molar-refractivity contribution in [3.05, 3.63) is 47.3 Å². The predicted molar refractivity (Wildman–Crippen MR) is 129 cm³/mol. The maximum atomic E-state index is 13.7. The van der Waals surface area contributed by atoms with E-state index in [4.69, 9.17) is 4.74 Å². The minimum Gasteiger partial charge on any atom is -0.508 e. The summed E-state index contributed by atoms with van der Waals surface area (Å²) in [6.07, 6.45) is -4.18. The maximum absolute atomic E-state index is 13.7. The summed E-state index contributed by atoms with van der Waals surface area (Å²) in [7, 11) is 1.01. The Labute approximate surface area is 217 Å². The Morgan fingerprint density at radius 1 is 1.16 bits per heavy atom. The summed E-state index contributed by atoms with van der Waals surface area (Å²) in [5, 5.41) is 16.5. The highest BCUT2D eigenvalue weighted by atomic mass is 19.4. The molecule has 1 atom stereocenters. The molecule has 208 valence electrons. The third-order valence-corrected chi connectivity index (χ3v) is 4.78. The van der Waals surface area contributed by atoms with E-state index in [1.165, 1.54) is 6.07 Å². The van der Waals surface area contributed by atoms with E-state index < -0.39 is 53.6 Å². The second kappa shape index (κ2) is 12.9. The number of ether oxygens (including phenoxy) is 2. The zero-order valence-electron chi connectivity index (χ0n) is 21.3. The van der Waals surface area contributed by atoms with Crippen molar-refractivity contribution < 1.29 is 42.1 Å². The monoisotopic (exact) mass is 541 g/mol. The van der Waals surface area contributed by atoms with E-state index in [0.29, 0.717) is 19.0 Å². The van der Waals surface area contributed by atoms with Gasteiger partial charge in [-0.15, -0.1) is 0 Å². The van der Waals surface area contributed by atoms with Crippen molar-refractivity contribution in [3.8, 4) is 5.75 Å². The van der Waals surface area contributed by atoms with Gasteiger partial charge in [-0.2, -0.15) is 13.2 Å². The lowest BCUT2D eigenvalue weighted by Crippen LogP contribution is -2.50. The van der Waals surface area contributed by atoms with Crippen LogP contribution in [0.25, 0.3) is 0 Å². The van der Waals surface area contributed by atoms with Gasteiger partial charge in [0.15, 0.2) is 5.69 Å². The van der Waals surface area contributed by atoms with Crippen molar-refractivity contribution in [2.75, 3.05) is 25.5 Å². The summed E-state index contributed by atoms with van der Waals surface area (Å²) in [5.74, 6) is -2.54. The fraction of sp³-hybridized carbons (Fsp3) is 0.458. The molecule has 0 saturated heterocycles. The third kappa shape index (κ3) is 9.75. The second-order valence-corrected chi connectivity index (χ2v) is 9.09. The molecule has 2 rings (SSSR count). The average Bonchev–Trinajstić information content (AvgIpc) is 2.82. The largest absolute Gasteiger partial charge is 0.508 e.